The number of carbonyl (C=O) groups excluding carboxylic acids is 1. The number of hydrogen-bond acceptors (Lipinski definition) is 5. The van der Waals surface area contributed by atoms with E-state index in [2.05, 4.69) is 9.88 Å². The second kappa shape index (κ2) is 12.1. The van der Waals surface area contributed by atoms with Crippen LogP contribution in [-0.2, 0) is 16.1 Å². The van der Waals surface area contributed by atoms with Gasteiger partial charge in [0.1, 0.15) is 5.75 Å². The Bertz CT molecular complexity index is 804. The van der Waals surface area contributed by atoms with E-state index < -0.39 is 0 Å². The number of amides is 1. The van der Waals surface area contributed by atoms with Gasteiger partial charge < -0.3 is 14.4 Å². The Kier molecular flexibility index (Phi) is 8.87. The first-order valence-corrected chi connectivity index (χ1v) is 10.6. The molecule has 6 nitrogen and oxygen atoms in total. The lowest BCUT2D eigenvalue weighted by Crippen LogP contribution is -2.38. The van der Waals surface area contributed by atoms with E-state index >= 15 is 0 Å². The van der Waals surface area contributed by atoms with Gasteiger partial charge in [-0.3, -0.25) is 14.7 Å². The largest absolute Gasteiger partial charge is 0.493 e. The number of rotatable bonds is 10. The molecule has 2 heterocycles. The molecule has 0 aliphatic carbocycles. The van der Waals surface area contributed by atoms with E-state index in [0.29, 0.717) is 19.7 Å². The normalized spacial score (nSPS) is 14.7. The van der Waals surface area contributed by atoms with E-state index in [4.69, 9.17) is 9.47 Å². The molecule has 1 aliphatic rings. The quantitative estimate of drug-likeness (QED) is 0.564. The molecule has 0 unspecified atom stereocenters. The van der Waals surface area contributed by atoms with Gasteiger partial charge in [0.2, 0.25) is 5.91 Å². The summed E-state index contributed by atoms with van der Waals surface area (Å²) in [5, 5.41) is 0. The molecule has 0 spiro atoms. The highest BCUT2D eigenvalue weighted by molar-refractivity contribution is 5.92. The molecule has 0 atom stereocenters. The van der Waals surface area contributed by atoms with E-state index in [1.54, 1.807) is 18.5 Å². The first kappa shape index (κ1) is 22.0. The fourth-order valence-electron chi connectivity index (χ4n) is 3.46. The minimum Gasteiger partial charge on any atom is -0.493 e. The predicted molar refractivity (Wildman–Crippen MR) is 118 cm³/mol. The molecule has 1 aromatic heterocycles. The van der Waals surface area contributed by atoms with E-state index in [0.717, 1.165) is 56.1 Å². The second-order valence-electron chi connectivity index (χ2n) is 7.23. The van der Waals surface area contributed by atoms with Gasteiger partial charge in [0.25, 0.3) is 0 Å². The van der Waals surface area contributed by atoms with Gasteiger partial charge in [-0.15, -0.1) is 0 Å². The summed E-state index contributed by atoms with van der Waals surface area (Å²) in [7, 11) is 0. The van der Waals surface area contributed by atoms with Crippen LogP contribution in [0.5, 0.6) is 5.75 Å². The Balaban J connectivity index is 1.64. The highest BCUT2D eigenvalue weighted by Crippen LogP contribution is 2.19. The van der Waals surface area contributed by atoms with Crippen molar-refractivity contribution in [1.82, 2.24) is 14.8 Å². The maximum atomic E-state index is 13.0. The van der Waals surface area contributed by atoms with E-state index in [-0.39, 0.29) is 5.91 Å². The summed E-state index contributed by atoms with van der Waals surface area (Å²) in [6.45, 7) is 8.31. The van der Waals surface area contributed by atoms with Crippen LogP contribution >= 0.6 is 0 Å². The average molecular weight is 410 g/mol. The molecule has 0 saturated carbocycles. The Morgan fingerprint density at radius 2 is 1.97 bits per heavy atom. The first-order valence-electron chi connectivity index (χ1n) is 10.6. The minimum absolute atomic E-state index is 0.0000845. The van der Waals surface area contributed by atoms with Crippen LogP contribution in [0.2, 0.25) is 0 Å². The van der Waals surface area contributed by atoms with Crippen LogP contribution in [0.4, 0.5) is 0 Å². The van der Waals surface area contributed by atoms with Gasteiger partial charge in [-0.05, 0) is 43.2 Å². The van der Waals surface area contributed by atoms with Crippen molar-refractivity contribution in [3.63, 3.8) is 0 Å². The summed E-state index contributed by atoms with van der Waals surface area (Å²) in [5.74, 6) is 0.789. The van der Waals surface area contributed by atoms with Gasteiger partial charge in [0.15, 0.2) is 0 Å². The molecular formula is C24H31N3O3. The maximum absolute atomic E-state index is 13.0. The number of aromatic nitrogens is 1. The highest BCUT2D eigenvalue weighted by Gasteiger charge is 2.14. The number of pyridine rings is 1. The zero-order chi connectivity index (χ0) is 21.0. The number of para-hydroxylation sites is 1. The van der Waals surface area contributed by atoms with Crippen LogP contribution in [0.3, 0.4) is 0 Å². The first-order chi connectivity index (χ1) is 14.8. The molecule has 0 bridgehead atoms. The summed E-state index contributed by atoms with van der Waals surface area (Å²) in [6, 6.07) is 11.7. The van der Waals surface area contributed by atoms with Crippen LogP contribution in [0.1, 0.15) is 24.5 Å². The summed E-state index contributed by atoms with van der Waals surface area (Å²) in [5.41, 5.74) is 1.98. The third-order valence-electron chi connectivity index (χ3n) is 5.06. The maximum Gasteiger partial charge on any atom is 0.246 e. The molecule has 1 amide bonds. The van der Waals surface area contributed by atoms with Gasteiger partial charge in [0.05, 0.1) is 19.8 Å². The smallest absolute Gasteiger partial charge is 0.246 e. The Labute approximate surface area is 179 Å². The number of carbonyl (C=O) groups is 1. The average Bonchev–Trinajstić information content (AvgIpc) is 2.79. The molecule has 0 radical (unpaired) electrons. The number of nitrogens with zero attached hydrogens (tertiary/aromatic N) is 3. The number of ether oxygens (including phenoxy) is 2. The number of benzene rings is 1. The molecule has 0 N–H and O–H groups in total. The van der Waals surface area contributed by atoms with Crippen LogP contribution in [0.25, 0.3) is 6.08 Å². The van der Waals surface area contributed by atoms with Crippen molar-refractivity contribution in [3.8, 4) is 5.75 Å². The molecule has 1 saturated heterocycles. The monoisotopic (exact) mass is 409 g/mol. The fraction of sp³-hybridized carbons (Fsp3) is 0.417. The molecule has 1 aliphatic heterocycles. The number of hydrogen-bond donors (Lipinski definition) is 0. The number of morpholine rings is 1. The molecule has 3 rings (SSSR count). The van der Waals surface area contributed by atoms with Crippen LogP contribution < -0.4 is 4.74 Å². The van der Waals surface area contributed by atoms with E-state index in [1.807, 2.05) is 54.3 Å². The van der Waals surface area contributed by atoms with Crippen LogP contribution in [0, 0.1) is 0 Å². The zero-order valence-electron chi connectivity index (χ0n) is 17.7. The SMILES string of the molecule is CCOc1ccccc1/C=C/C(=O)N(CCCN1CCOCC1)Cc1ccncc1. The summed E-state index contributed by atoms with van der Waals surface area (Å²) in [6.07, 6.45) is 7.95. The van der Waals surface area contributed by atoms with Crippen LogP contribution in [0.15, 0.2) is 54.9 Å². The van der Waals surface area contributed by atoms with Crippen molar-refractivity contribution < 1.29 is 14.3 Å². The van der Waals surface area contributed by atoms with Gasteiger partial charge in [-0.25, -0.2) is 0 Å². The van der Waals surface area contributed by atoms with Gasteiger partial charge in [-0.1, -0.05) is 18.2 Å². The molecule has 30 heavy (non-hydrogen) atoms. The zero-order valence-corrected chi connectivity index (χ0v) is 17.7. The molecule has 160 valence electrons. The lowest BCUT2D eigenvalue weighted by Gasteiger charge is -2.28. The van der Waals surface area contributed by atoms with Crippen molar-refractivity contribution in [1.29, 1.82) is 0 Å². The predicted octanol–water partition coefficient (Wildman–Crippen LogP) is 3.24. The third-order valence-corrected chi connectivity index (χ3v) is 5.06. The minimum atomic E-state index is 0.0000845. The molecular weight excluding hydrogens is 378 g/mol. The summed E-state index contributed by atoms with van der Waals surface area (Å²) >= 11 is 0. The van der Waals surface area contributed by atoms with Gasteiger partial charge in [0, 0.05) is 56.8 Å². The highest BCUT2D eigenvalue weighted by atomic mass is 16.5. The van der Waals surface area contributed by atoms with Gasteiger partial charge in [-0.2, -0.15) is 0 Å². The fourth-order valence-corrected chi connectivity index (χ4v) is 3.46. The topological polar surface area (TPSA) is 54.9 Å². The molecule has 1 fully saturated rings. The molecule has 6 heteroatoms. The van der Waals surface area contributed by atoms with Crippen LogP contribution in [-0.4, -0.2) is 66.7 Å². The standard InChI is InChI=1S/C24H31N3O3/c1-2-30-23-7-4-3-6-22(23)8-9-24(28)27(20-21-10-12-25-13-11-21)15-5-14-26-16-18-29-19-17-26/h3-4,6-13H,2,5,14-20H2,1H3/b9-8+. The van der Waals surface area contributed by atoms with Gasteiger partial charge >= 0.3 is 0 Å². The third kappa shape index (κ3) is 6.97. The summed E-state index contributed by atoms with van der Waals surface area (Å²) < 4.78 is 11.1. The van der Waals surface area contributed by atoms with Crippen molar-refractivity contribution >= 4 is 12.0 Å². The Morgan fingerprint density at radius 3 is 2.73 bits per heavy atom. The van der Waals surface area contributed by atoms with Crippen molar-refractivity contribution in [2.75, 3.05) is 46.0 Å². The molecule has 1 aromatic carbocycles. The van der Waals surface area contributed by atoms with E-state index in [9.17, 15) is 4.79 Å². The Morgan fingerprint density at radius 1 is 1.20 bits per heavy atom. The van der Waals surface area contributed by atoms with Crippen molar-refractivity contribution in [2.24, 2.45) is 0 Å². The van der Waals surface area contributed by atoms with Crippen molar-refractivity contribution in [2.45, 2.75) is 19.9 Å². The lowest BCUT2D eigenvalue weighted by atomic mass is 10.1. The van der Waals surface area contributed by atoms with E-state index in [1.165, 1.54) is 0 Å². The second-order valence-corrected chi connectivity index (χ2v) is 7.23. The molecule has 2 aromatic rings. The summed E-state index contributed by atoms with van der Waals surface area (Å²) in [4.78, 5) is 21.4. The lowest BCUT2D eigenvalue weighted by molar-refractivity contribution is -0.126. The Hall–Kier alpha value is -2.70. The van der Waals surface area contributed by atoms with Crippen molar-refractivity contribution in [3.05, 3.63) is 66.0 Å².